The summed E-state index contributed by atoms with van der Waals surface area (Å²) in [5, 5.41) is 10.7. The molecule has 36 heavy (non-hydrogen) atoms. The van der Waals surface area contributed by atoms with Crippen molar-refractivity contribution in [2.45, 2.75) is 18.9 Å². The molecular weight excluding hydrogens is 456 g/mol. The van der Waals surface area contributed by atoms with Gasteiger partial charge in [-0.3, -0.25) is 9.69 Å². The Balaban J connectivity index is 1.93. The van der Waals surface area contributed by atoms with Gasteiger partial charge in [0.15, 0.2) is 17.0 Å². The predicted molar refractivity (Wildman–Crippen MR) is 135 cm³/mol. The molecule has 3 aromatic carbocycles. The van der Waals surface area contributed by atoms with Crippen LogP contribution < -0.4 is 9.47 Å². The maximum Gasteiger partial charge on any atom is 0.338 e. The van der Waals surface area contributed by atoms with Gasteiger partial charge < -0.3 is 14.2 Å². The fraction of sp³-hybridized carbons (Fsp3) is 0.207. The lowest BCUT2D eigenvalue weighted by Gasteiger charge is -2.41. The number of benzene rings is 3. The molecule has 0 N–H and O–H groups in total. The summed E-state index contributed by atoms with van der Waals surface area (Å²) in [6.45, 7) is 1.90. The number of fused-ring (bicyclic) bond motifs is 1. The van der Waals surface area contributed by atoms with E-state index in [0.717, 1.165) is 5.56 Å². The Morgan fingerprint density at radius 3 is 2.31 bits per heavy atom. The van der Waals surface area contributed by atoms with Crippen molar-refractivity contribution in [3.8, 4) is 17.6 Å². The highest BCUT2D eigenvalue weighted by Crippen LogP contribution is 2.42. The molecule has 0 aromatic heterocycles. The maximum absolute atomic E-state index is 13.7. The Bertz CT molecular complexity index is 1360. The molecule has 1 aliphatic rings. The first-order valence-electron chi connectivity index (χ1n) is 11.5. The van der Waals surface area contributed by atoms with Crippen LogP contribution in [0, 0.1) is 11.3 Å². The molecule has 1 unspecified atom stereocenters. The summed E-state index contributed by atoms with van der Waals surface area (Å²) in [4.78, 5) is 28.1. The molecule has 0 radical (unpaired) electrons. The fourth-order valence-corrected chi connectivity index (χ4v) is 4.47. The lowest BCUT2D eigenvalue weighted by Crippen LogP contribution is -2.49. The van der Waals surface area contributed by atoms with Gasteiger partial charge in [-0.05, 0) is 54.0 Å². The monoisotopic (exact) mass is 482 g/mol. The first-order valence-corrected chi connectivity index (χ1v) is 11.5. The number of amides is 1. The lowest BCUT2D eigenvalue weighted by atomic mass is 9.78. The summed E-state index contributed by atoms with van der Waals surface area (Å²) in [6, 6.07) is 21.8. The van der Waals surface area contributed by atoms with Crippen molar-refractivity contribution in [1.29, 1.82) is 5.26 Å². The first-order chi connectivity index (χ1) is 17.5. The average Bonchev–Trinajstić information content (AvgIpc) is 2.93. The highest BCUT2D eigenvalue weighted by Gasteiger charge is 2.45. The standard InChI is InChI=1S/C29H26N2O5/c1-4-36-28(33)23-17-26(35-3)25(34-2)16-22(23)18-29(19-30)24-13-9-8-10-20(24)14-15-31(29)27(32)21-11-6-5-7-12-21/h5-17H,4,18H2,1-3H3. The van der Waals surface area contributed by atoms with Gasteiger partial charge in [0.1, 0.15) is 0 Å². The van der Waals surface area contributed by atoms with E-state index in [0.29, 0.717) is 28.2 Å². The van der Waals surface area contributed by atoms with Crippen LogP contribution in [-0.4, -0.2) is 37.6 Å². The Hall–Kier alpha value is -4.57. The maximum atomic E-state index is 13.7. The van der Waals surface area contributed by atoms with Crippen LogP contribution in [0.4, 0.5) is 0 Å². The van der Waals surface area contributed by atoms with E-state index in [4.69, 9.17) is 14.2 Å². The average molecular weight is 483 g/mol. The molecule has 0 bridgehead atoms. The summed E-state index contributed by atoms with van der Waals surface area (Å²) in [5.41, 5.74) is 1.20. The van der Waals surface area contributed by atoms with Crippen molar-refractivity contribution in [3.63, 3.8) is 0 Å². The molecule has 0 aliphatic carbocycles. The van der Waals surface area contributed by atoms with Crippen LogP contribution in [0.3, 0.4) is 0 Å². The Labute approximate surface area is 210 Å². The number of rotatable bonds is 7. The smallest absolute Gasteiger partial charge is 0.338 e. The van der Waals surface area contributed by atoms with Gasteiger partial charge in [0.2, 0.25) is 0 Å². The van der Waals surface area contributed by atoms with E-state index in [9.17, 15) is 14.9 Å². The number of carbonyl (C=O) groups is 2. The largest absolute Gasteiger partial charge is 0.493 e. The number of carbonyl (C=O) groups excluding carboxylic acids is 2. The second-order valence-corrected chi connectivity index (χ2v) is 8.18. The molecule has 1 aliphatic heterocycles. The van der Waals surface area contributed by atoms with Crippen molar-refractivity contribution in [3.05, 3.63) is 101 Å². The molecule has 1 heterocycles. The molecule has 3 aromatic rings. The van der Waals surface area contributed by atoms with Crippen molar-refractivity contribution < 1.29 is 23.8 Å². The molecule has 7 nitrogen and oxygen atoms in total. The van der Waals surface area contributed by atoms with Crippen LogP contribution in [0.15, 0.2) is 72.9 Å². The number of ether oxygens (including phenoxy) is 3. The quantitative estimate of drug-likeness (QED) is 0.442. The highest BCUT2D eigenvalue weighted by atomic mass is 16.5. The molecule has 4 rings (SSSR count). The SMILES string of the molecule is CCOC(=O)c1cc(OC)c(OC)cc1CC1(C#N)c2ccccc2C=CN1C(=O)c1ccccc1. The number of hydrogen-bond donors (Lipinski definition) is 0. The van der Waals surface area contributed by atoms with Crippen LogP contribution in [0.5, 0.6) is 11.5 Å². The molecule has 0 saturated carbocycles. The van der Waals surface area contributed by atoms with Crippen LogP contribution in [0.1, 0.15) is 44.3 Å². The van der Waals surface area contributed by atoms with Crippen LogP contribution >= 0.6 is 0 Å². The zero-order valence-electron chi connectivity index (χ0n) is 20.4. The number of nitriles is 1. The molecule has 182 valence electrons. The number of esters is 1. The Morgan fingerprint density at radius 2 is 1.64 bits per heavy atom. The van der Waals surface area contributed by atoms with Crippen molar-refractivity contribution >= 4 is 18.0 Å². The minimum Gasteiger partial charge on any atom is -0.493 e. The Kier molecular flexibility index (Phi) is 7.07. The number of methoxy groups -OCH3 is 2. The van der Waals surface area contributed by atoms with E-state index in [-0.39, 0.29) is 24.5 Å². The van der Waals surface area contributed by atoms with Gasteiger partial charge in [-0.1, -0.05) is 42.5 Å². The minimum atomic E-state index is -1.45. The summed E-state index contributed by atoms with van der Waals surface area (Å²) >= 11 is 0. The fourth-order valence-electron chi connectivity index (χ4n) is 4.47. The van der Waals surface area contributed by atoms with E-state index >= 15 is 0 Å². The molecule has 7 heteroatoms. The molecule has 0 spiro atoms. The van der Waals surface area contributed by atoms with Crippen LogP contribution in [0.25, 0.3) is 6.08 Å². The first kappa shape index (κ1) is 24.6. The third kappa shape index (κ3) is 4.29. The van der Waals surface area contributed by atoms with Crippen molar-refractivity contribution in [1.82, 2.24) is 4.90 Å². The third-order valence-corrected chi connectivity index (χ3v) is 6.20. The zero-order valence-corrected chi connectivity index (χ0v) is 20.4. The number of nitrogens with zero attached hydrogens (tertiary/aromatic N) is 2. The molecule has 1 amide bonds. The van der Waals surface area contributed by atoms with Gasteiger partial charge in [0.05, 0.1) is 32.5 Å². The van der Waals surface area contributed by atoms with Gasteiger partial charge in [0, 0.05) is 18.2 Å². The summed E-state index contributed by atoms with van der Waals surface area (Å²) < 4.78 is 16.2. The van der Waals surface area contributed by atoms with Crippen molar-refractivity contribution in [2.75, 3.05) is 20.8 Å². The van der Waals surface area contributed by atoms with Gasteiger partial charge >= 0.3 is 5.97 Å². The third-order valence-electron chi connectivity index (χ3n) is 6.20. The van der Waals surface area contributed by atoms with Gasteiger partial charge in [0.25, 0.3) is 5.91 Å². The van der Waals surface area contributed by atoms with E-state index in [1.165, 1.54) is 19.1 Å². The molecule has 1 atom stereocenters. The summed E-state index contributed by atoms with van der Waals surface area (Å²) in [7, 11) is 2.97. The molecule has 0 fully saturated rings. The van der Waals surface area contributed by atoms with E-state index in [2.05, 4.69) is 6.07 Å². The normalized spacial score (nSPS) is 16.0. The van der Waals surface area contributed by atoms with E-state index in [1.807, 2.05) is 36.4 Å². The van der Waals surface area contributed by atoms with Crippen LogP contribution in [0.2, 0.25) is 0 Å². The van der Waals surface area contributed by atoms with Gasteiger partial charge in [-0.15, -0.1) is 0 Å². The van der Waals surface area contributed by atoms with E-state index < -0.39 is 11.5 Å². The lowest BCUT2D eigenvalue weighted by molar-refractivity contribution is 0.0524. The summed E-state index contributed by atoms with van der Waals surface area (Å²) in [5.74, 6) is -0.131. The summed E-state index contributed by atoms with van der Waals surface area (Å²) in [6.07, 6.45) is 3.45. The van der Waals surface area contributed by atoms with Crippen molar-refractivity contribution in [2.24, 2.45) is 0 Å². The van der Waals surface area contributed by atoms with Gasteiger partial charge in [-0.25, -0.2) is 4.79 Å². The second-order valence-electron chi connectivity index (χ2n) is 8.18. The minimum absolute atomic E-state index is 0.0118. The van der Waals surface area contributed by atoms with Gasteiger partial charge in [-0.2, -0.15) is 5.26 Å². The molecule has 0 saturated heterocycles. The predicted octanol–water partition coefficient (Wildman–Crippen LogP) is 4.97. The van der Waals surface area contributed by atoms with E-state index in [1.54, 1.807) is 49.5 Å². The Morgan fingerprint density at radius 1 is 0.972 bits per heavy atom. The second kappa shape index (κ2) is 10.4. The topological polar surface area (TPSA) is 88.9 Å². The number of hydrogen-bond acceptors (Lipinski definition) is 6. The zero-order chi connectivity index (χ0) is 25.7. The highest BCUT2D eigenvalue weighted by molar-refractivity contribution is 5.97. The van der Waals surface area contributed by atoms with Crippen LogP contribution in [-0.2, 0) is 16.7 Å². The molecular formula is C29H26N2O5.